The number of nitrogens with one attached hydrogen (secondary N) is 2. The fourth-order valence-corrected chi connectivity index (χ4v) is 4.78. The van der Waals surface area contributed by atoms with Gasteiger partial charge in [-0.25, -0.2) is 9.78 Å². The first-order chi connectivity index (χ1) is 17.2. The van der Waals surface area contributed by atoms with E-state index in [2.05, 4.69) is 57.1 Å². The van der Waals surface area contributed by atoms with E-state index < -0.39 is 11.1 Å². The van der Waals surface area contributed by atoms with Gasteiger partial charge in [0, 0.05) is 12.6 Å². The van der Waals surface area contributed by atoms with Crippen molar-refractivity contribution in [3.8, 4) is 22.4 Å². The van der Waals surface area contributed by atoms with Crippen molar-refractivity contribution in [2.24, 2.45) is 0 Å². The second-order valence-electron chi connectivity index (χ2n) is 10.3. The summed E-state index contributed by atoms with van der Waals surface area (Å²) in [5.74, 6) is 2.02. The molecule has 5 rings (SSSR count). The number of hydrogen-bond acceptors (Lipinski definition) is 6. The minimum Gasteiger partial charge on any atom is -0.444 e. The highest BCUT2D eigenvalue weighted by molar-refractivity contribution is 5.89. The first kappa shape index (κ1) is 23.8. The van der Waals surface area contributed by atoms with E-state index in [9.17, 15) is 4.79 Å². The molecule has 0 radical (unpaired) electrons. The highest BCUT2D eigenvalue weighted by atomic mass is 16.6. The van der Waals surface area contributed by atoms with Crippen molar-refractivity contribution in [3.05, 3.63) is 66.0 Å². The van der Waals surface area contributed by atoms with E-state index in [1.807, 2.05) is 52.9 Å². The average molecular weight is 485 g/mol. The van der Waals surface area contributed by atoms with Crippen LogP contribution >= 0.6 is 0 Å². The van der Waals surface area contributed by atoms with Gasteiger partial charge in [0.1, 0.15) is 17.2 Å². The van der Waals surface area contributed by atoms with Gasteiger partial charge in [0.2, 0.25) is 0 Å². The number of nitrogens with zero attached hydrogens (tertiary/aromatic N) is 4. The Kier molecular flexibility index (Phi) is 5.90. The quantitative estimate of drug-likeness (QED) is 0.377. The van der Waals surface area contributed by atoms with Crippen molar-refractivity contribution >= 4 is 17.7 Å². The molecule has 2 aromatic carbocycles. The Morgan fingerprint density at radius 2 is 1.69 bits per heavy atom. The zero-order chi connectivity index (χ0) is 25.5. The molecule has 0 aliphatic heterocycles. The minimum atomic E-state index is -0.540. The lowest BCUT2D eigenvalue weighted by atomic mass is 9.71. The van der Waals surface area contributed by atoms with Gasteiger partial charge in [-0.1, -0.05) is 54.6 Å². The predicted octanol–water partition coefficient (Wildman–Crippen LogP) is 5.71. The van der Waals surface area contributed by atoms with E-state index in [1.165, 1.54) is 0 Å². The molecule has 1 aliphatic carbocycles. The van der Waals surface area contributed by atoms with E-state index in [4.69, 9.17) is 9.72 Å². The average Bonchev–Trinajstić information content (AvgIpc) is 3.19. The van der Waals surface area contributed by atoms with Crippen molar-refractivity contribution in [1.29, 1.82) is 0 Å². The summed E-state index contributed by atoms with van der Waals surface area (Å²) in [5, 5.41) is 11.0. The van der Waals surface area contributed by atoms with Gasteiger partial charge in [-0.3, -0.25) is 0 Å². The summed E-state index contributed by atoms with van der Waals surface area (Å²) in [7, 11) is 1.88. The smallest absolute Gasteiger partial charge is 0.408 e. The molecule has 1 amide bonds. The van der Waals surface area contributed by atoms with Crippen molar-refractivity contribution in [3.63, 3.8) is 0 Å². The molecule has 36 heavy (non-hydrogen) atoms. The Hall–Kier alpha value is -3.94. The van der Waals surface area contributed by atoms with Crippen LogP contribution in [0.1, 0.15) is 51.4 Å². The molecule has 186 valence electrons. The number of benzene rings is 2. The Bertz CT molecular complexity index is 1400. The number of carbonyl (C=O) groups is 1. The third-order valence-corrected chi connectivity index (χ3v) is 6.55. The molecule has 1 aliphatic rings. The number of ether oxygens (including phenoxy) is 1. The molecule has 2 aromatic heterocycles. The third-order valence-electron chi connectivity index (χ3n) is 6.55. The molecular formula is C28H32N6O2. The van der Waals surface area contributed by atoms with Crippen LogP contribution in [0, 0.1) is 6.92 Å². The number of fused-ring (bicyclic) bond motifs is 1. The Balaban J connectivity index is 1.57. The van der Waals surface area contributed by atoms with Gasteiger partial charge in [0.25, 0.3) is 5.78 Å². The molecule has 1 saturated carbocycles. The fourth-order valence-electron chi connectivity index (χ4n) is 4.78. The summed E-state index contributed by atoms with van der Waals surface area (Å²) < 4.78 is 7.29. The second-order valence-corrected chi connectivity index (χ2v) is 10.3. The summed E-state index contributed by atoms with van der Waals surface area (Å²) in [5.41, 5.74) is 3.89. The van der Waals surface area contributed by atoms with Crippen LogP contribution in [0.5, 0.6) is 0 Å². The van der Waals surface area contributed by atoms with Crippen molar-refractivity contribution in [2.45, 2.75) is 58.1 Å². The van der Waals surface area contributed by atoms with E-state index in [-0.39, 0.29) is 6.09 Å². The standard InChI is InChI=1S/C28H32N6O2/c1-18-30-25-31-23(22(19-10-7-6-8-11-19)24(29-5)34(25)33-18)20-12-14-21(15-13-20)28(16-9-17-28)32-26(35)36-27(2,3)4/h6-8,10-15,29H,9,16-17H2,1-5H3,(H,32,35). The topological polar surface area (TPSA) is 93.4 Å². The lowest BCUT2D eigenvalue weighted by Gasteiger charge is -2.43. The Morgan fingerprint density at radius 1 is 1.00 bits per heavy atom. The first-order valence-electron chi connectivity index (χ1n) is 12.3. The fraction of sp³-hybridized carbons (Fsp3) is 0.357. The number of aromatic nitrogens is 4. The number of carbonyl (C=O) groups excluding carboxylic acids is 1. The van der Waals surface area contributed by atoms with Gasteiger partial charge in [-0.15, -0.1) is 5.10 Å². The first-order valence-corrected chi connectivity index (χ1v) is 12.3. The van der Waals surface area contributed by atoms with Crippen LogP contribution in [0.15, 0.2) is 54.6 Å². The van der Waals surface area contributed by atoms with Crippen molar-refractivity contribution in [1.82, 2.24) is 24.9 Å². The van der Waals surface area contributed by atoms with Gasteiger partial charge < -0.3 is 15.4 Å². The summed E-state index contributed by atoms with van der Waals surface area (Å²) in [6.45, 7) is 7.48. The predicted molar refractivity (Wildman–Crippen MR) is 141 cm³/mol. The van der Waals surface area contributed by atoms with Crippen LogP contribution in [-0.2, 0) is 10.3 Å². The summed E-state index contributed by atoms with van der Waals surface area (Å²) in [4.78, 5) is 22.0. The lowest BCUT2D eigenvalue weighted by molar-refractivity contribution is 0.0377. The number of amides is 1. The molecule has 0 atom stereocenters. The van der Waals surface area contributed by atoms with E-state index >= 15 is 0 Å². The number of aryl methyl sites for hydroxylation is 1. The van der Waals surface area contributed by atoms with E-state index in [1.54, 1.807) is 4.52 Å². The maximum atomic E-state index is 12.6. The molecule has 0 unspecified atom stereocenters. The summed E-state index contributed by atoms with van der Waals surface area (Å²) in [6.07, 6.45) is 2.44. The molecule has 2 N–H and O–H groups in total. The molecule has 2 heterocycles. The maximum Gasteiger partial charge on any atom is 0.408 e. The lowest BCUT2D eigenvalue weighted by Crippen LogP contribution is -2.52. The highest BCUT2D eigenvalue weighted by Crippen LogP contribution is 2.43. The number of rotatable bonds is 5. The van der Waals surface area contributed by atoms with Gasteiger partial charge in [-0.05, 0) is 58.1 Å². The maximum absolute atomic E-state index is 12.6. The third kappa shape index (κ3) is 4.39. The largest absolute Gasteiger partial charge is 0.444 e. The molecule has 4 aromatic rings. The van der Waals surface area contributed by atoms with Crippen LogP contribution in [0.3, 0.4) is 0 Å². The second kappa shape index (κ2) is 8.93. The van der Waals surface area contributed by atoms with Gasteiger partial charge >= 0.3 is 6.09 Å². The van der Waals surface area contributed by atoms with Crippen LogP contribution < -0.4 is 10.6 Å². The molecule has 0 spiro atoms. The molecule has 0 bridgehead atoms. The monoisotopic (exact) mass is 484 g/mol. The minimum absolute atomic E-state index is 0.384. The normalized spacial score (nSPS) is 14.8. The van der Waals surface area contributed by atoms with Crippen LogP contribution in [0.25, 0.3) is 28.2 Å². The van der Waals surface area contributed by atoms with Gasteiger partial charge in [-0.2, -0.15) is 9.50 Å². The number of anilines is 1. The molecule has 0 saturated heterocycles. The van der Waals surface area contributed by atoms with Gasteiger partial charge in [0.05, 0.1) is 16.8 Å². The Labute approximate surface area is 211 Å². The molecule has 8 heteroatoms. The van der Waals surface area contributed by atoms with Crippen molar-refractivity contribution in [2.75, 3.05) is 12.4 Å². The summed E-state index contributed by atoms with van der Waals surface area (Å²) >= 11 is 0. The van der Waals surface area contributed by atoms with E-state index in [0.29, 0.717) is 11.6 Å². The van der Waals surface area contributed by atoms with Crippen LogP contribution in [0.4, 0.5) is 10.6 Å². The zero-order valence-electron chi connectivity index (χ0n) is 21.4. The van der Waals surface area contributed by atoms with Gasteiger partial charge in [0.15, 0.2) is 0 Å². The zero-order valence-corrected chi connectivity index (χ0v) is 21.4. The number of hydrogen-bond donors (Lipinski definition) is 2. The molecular weight excluding hydrogens is 452 g/mol. The van der Waals surface area contributed by atoms with E-state index in [0.717, 1.165) is 53.0 Å². The number of alkyl carbamates (subject to hydrolysis) is 1. The molecule has 1 fully saturated rings. The van der Waals surface area contributed by atoms with Crippen molar-refractivity contribution < 1.29 is 9.53 Å². The Morgan fingerprint density at radius 3 is 2.28 bits per heavy atom. The highest BCUT2D eigenvalue weighted by Gasteiger charge is 2.41. The van der Waals surface area contributed by atoms with Crippen LogP contribution in [0.2, 0.25) is 0 Å². The van der Waals surface area contributed by atoms with Crippen LogP contribution in [-0.4, -0.2) is 38.3 Å². The summed E-state index contributed by atoms with van der Waals surface area (Å²) in [6, 6.07) is 18.5. The molecule has 8 nitrogen and oxygen atoms in total. The SMILES string of the molecule is CNc1c(-c2ccccc2)c(-c2ccc(C3(NC(=O)OC(C)(C)C)CCC3)cc2)nc2nc(C)nn12.